The molecule has 0 saturated heterocycles. The Balaban J connectivity index is 2.07. The van der Waals surface area contributed by atoms with Crippen LogP contribution in [0.3, 0.4) is 0 Å². The first-order valence-electron chi connectivity index (χ1n) is 8.27. The Bertz CT molecular complexity index is 823. The second kappa shape index (κ2) is 7.87. The number of carbonyl (C=O) groups is 2. The topological polar surface area (TPSA) is 67.4 Å². The normalized spacial score (nSPS) is 10.8. The molecule has 0 radical (unpaired) electrons. The van der Waals surface area contributed by atoms with Crippen LogP contribution in [0.4, 0.5) is 10.5 Å². The summed E-state index contributed by atoms with van der Waals surface area (Å²) in [6.45, 7) is 9.78. The maximum Gasteiger partial charge on any atom is 0.337 e. The molecule has 2 rings (SSSR count). The molecule has 136 valence electrons. The van der Waals surface area contributed by atoms with Crippen molar-refractivity contribution in [2.75, 3.05) is 12.4 Å². The van der Waals surface area contributed by atoms with E-state index < -0.39 is 11.5 Å². The van der Waals surface area contributed by atoms with Gasteiger partial charge in [-0.25, -0.2) is 9.59 Å². The molecule has 2 aromatic rings. The van der Waals surface area contributed by atoms with Crippen molar-refractivity contribution in [1.29, 1.82) is 0 Å². The number of methoxy groups -OCH3 is 1. The first-order chi connectivity index (χ1) is 12.2. The number of esters is 1. The Hall–Kier alpha value is -3.08. The summed E-state index contributed by atoms with van der Waals surface area (Å²) in [5, 5.41) is 5.73. The van der Waals surface area contributed by atoms with Gasteiger partial charge in [-0.15, -0.1) is 0 Å². The van der Waals surface area contributed by atoms with Crippen molar-refractivity contribution in [1.82, 2.24) is 5.32 Å². The van der Waals surface area contributed by atoms with E-state index in [0.29, 0.717) is 11.3 Å². The number of hydrogen-bond donors (Lipinski definition) is 2. The minimum atomic E-state index is -0.568. The van der Waals surface area contributed by atoms with Crippen LogP contribution in [0.15, 0.2) is 55.1 Å². The summed E-state index contributed by atoms with van der Waals surface area (Å²) in [5.41, 5.74) is 3.43. The molecule has 26 heavy (non-hydrogen) atoms. The summed E-state index contributed by atoms with van der Waals surface area (Å²) in [5.74, 6) is -0.417. The van der Waals surface area contributed by atoms with Crippen LogP contribution in [-0.2, 0) is 10.3 Å². The number of hydrogen-bond acceptors (Lipinski definition) is 3. The van der Waals surface area contributed by atoms with Gasteiger partial charge in [0.2, 0.25) is 0 Å². The van der Waals surface area contributed by atoms with Gasteiger partial charge >= 0.3 is 12.0 Å². The predicted molar refractivity (Wildman–Crippen MR) is 104 cm³/mol. The predicted octanol–water partition coefficient (Wildman–Crippen LogP) is 4.56. The van der Waals surface area contributed by atoms with E-state index in [1.165, 1.54) is 7.11 Å². The second-order valence-electron chi connectivity index (χ2n) is 6.63. The monoisotopic (exact) mass is 352 g/mol. The van der Waals surface area contributed by atoms with Crippen LogP contribution >= 0.6 is 0 Å². The van der Waals surface area contributed by atoms with E-state index in [2.05, 4.69) is 21.9 Å². The standard InChI is InChI=1S/C21H24N2O3/c1-14(2)16-7-6-8-17(13-16)21(3,4)23-20(25)22-18-11-9-15(10-12-18)19(24)26-5/h6-13H,1H2,2-5H3,(H2,22,23,25). The molecule has 0 saturated carbocycles. The summed E-state index contributed by atoms with van der Waals surface area (Å²) < 4.78 is 4.65. The maximum atomic E-state index is 12.4. The summed E-state index contributed by atoms with van der Waals surface area (Å²) >= 11 is 0. The van der Waals surface area contributed by atoms with E-state index in [4.69, 9.17) is 0 Å². The lowest BCUT2D eigenvalue weighted by molar-refractivity contribution is 0.0600. The molecule has 0 aliphatic carbocycles. The zero-order valence-corrected chi connectivity index (χ0v) is 15.6. The van der Waals surface area contributed by atoms with Crippen molar-refractivity contribution in [3.8, 4) is 0 Å². The molecule has 2 amide bonds. The van der Waals surface area contributed by atoms with E-state index in [1.54, 1.807) is 24.3 Å². The molecule has 0 atom stereocenters. The Morgan fingerprint density at radius 2 is 1.69 bits per heavy atom. The van der Waals surface area contributed by atoms with Gasteiger partial charge in [0, 0.05) is 5.69 Å². The zero-order valence-electron chi connectivity index (χ0n) is 15.6. The average molecular weight is 352 g/mol. The maximum absolute atomic E-state index is 12.4. The van der Waals surface area contributed by atoms with Gasteiger partial charge in [0.15, 0.2) is 0 Å². The van der Waals surface area contributed by atoms with Crippen LogP contribution in [-0.4, -0.2) is 19.1 Å². The lowest BCUT2D eigenvalue weighted by Crippen LogP contribution is -2.43. The third-order valence-electron chi connectivity index (χ3n) is 4.07. The van der Waals surface area contributed by atoms with Gasteiger partial charge < -0.3 is 15.4 Å². The van der Waals surface area contributed by atoms with Crippen molar-refractivity contribution in [2.24, 2.45) is 0 Å². The quantitative estimate of drug-likeness (QED) is 0.775. The van der Waals surface area contributed by atoms with Gasteiger partial charge in [-0.2, -0.15) is 0 Å². The minimum Gasteiger partial charge on any atom is -0.465 e. The lowest BCUT2D eigenvalue weighted by atomic mass is 9.92. The highest BCUT2D eigenvalue weighted by Gasteiger charge is 2.23. The van der Waals surface area contributed by atoms with E-state index in [0.717, 1.165) is 16.7 Å². The van der Waals surface area contributed by atoms with Crippen LogP contribution in [0, 0.1) is 0 Å². The second-order valence-corrected chi connectivity index (χ2v) is 6.63. The molecule has 0 aromatic heterocycles. The van der Waals surface area contributed by atoms with Crippen molar-refractivity contribution >= 4 is 23.3 Å². The number of nitrogens with one attached hydrogen (secondary N) is 2. The van der Waals surface area contributed by atoms with Crippen LogP contribution in [0.2, 0.25) is 0 Å². The summed E-state index contributed by atoms with van der Waals surface area (Å²) in [6.07, 6.45) is 0. The lowest BCUT2D eigenvalue weighted by Gasteiger charge is -2.27. The van der Waals surface area contributed by atoms with Gasteiger partial charge in [-0.3, -0.25) is 0 Å². The zero-order chi connectivity index (χ0) is 19.3. The number of urea groups is 1. The molecule has 0 fully saturated rings. The third-order valence-corrected chi connectivity index (χ3v) is 4.07. The minimum absolute atomic E-state index is 0.332. The van der Waals surface area contributed by atoms with E-state index in [1.807, 2.05) is 45.0 Å². The fourth-order valence-electron chi connectivity index (χ4n) is 2.50. The van der Waals surface area contributed by atoms with Gasteiger partial charge in [0.25, 0.3) is 0 Å². The molecular weight excluding hydrogens is 328 g/mol. The number of anilines is 1. The Morgan fingerprint density at radius 3 is 2.27 bits per heavy atom. The van der Waals surface area contributed by atoms with Crippen molar-refractivity contribution in [3.05, 3.63) is 71.8 Å². The first-order valence-corrected chi connectivity index (χ1v) is 8.27. The number of amides is 2. The number of rotatable bonds is 5. The Labute approximate surface area is 154 Å². The van der Waals surface area contributed by atoms with Gasteiger partial charge in [-0.05, 0) is 62.2 Å². The summed E-state index contributed by atoms with van der Waals surface area (Å²) in [6, 6.07) is 14.1. The van der Waals surface area contributed by atoms with E-state index in [9.17, 15) is 9.59 Å². The SMILES string of the molecule is C=C(C)c1cccc(C(C)(C)NC(=O)Nc2ccc(C(=O)OC)cc2)c1. The van der Waals surface area contributed by atoms with E-state index >= 15 is 0 Å². The molecule has 0 spiro atoms. The van der Waals surface area contributed by atoms with E-state index in [-0.39, 0.29) is 6.03 Å². The Morgan fingerprint density at radius 1 is 1.04 bits per heavy atom. The smallest absolute Gasteiger partial charge is 0.337 e. The molecule has 0 unspecified atom stereocenters. The number of ether oxygens (including phenoxy) is 1. The fourth-order valence-corrected chi connectivity index (χ4v) is 2.50. The number of allylic oxidation sites excluding steroid dienone is 1. The van der Waals surface area contributed by atoms with Crippen molar-refractivity contribution in [2.45, 2.75) is 26.3 Å². The average Bonchev–Trinajstić information content (AvgIpc) is 2.61. The first kappa shape index (κ1) is 19.2. The molecule has 0 aliphatic rings. The number of carbonyl (C=O) groups excluding carboxylic acids is 2. The molecule has 0 aliphatic heterocycles. The highest BCUT2D eigenvalue weighted by atomic mass is 16.5. The molecule has 5 nitrogen and oxygen atoms in total. The van der Waals surface area contributed by atoms with Crippen LogP contribution < -0.4 is 10.6 Å². The van der Waals surface area contributed by atoms with Crippen LogP contribution in [0.5, 0.6) is 0 Å². The van der Waals surface area contributed by atoms with Crippen LogP contribution in [0.1, 0.15) is 42.3 Å². The summed E-state index contributed by atoms with van der Waals surface area (Å²) in [7, 11) is 1.33. The third kappa shape index (κ3) is 4.72. The molecular formula is C21H24N2O3. The van der Waals surface area contributed by atoms with Crippen molar-refractivity contribution < 1.29 is 14.3 Å². The van der Waals surface area contributed by atoms with Gasteiger partial charge in [-0.1, -0.05) is 30.4 Å². The summed E-state index contributed by atoms with van der Waals surface area (Å²) in [4.78, 5) is 23.8. The highest BCUT2D eigenvalue weighted by Crippen LogP contribution is 2.23. The largest absolute Gasteiger partial charge is 0.465 e. The molecule has 2 N–H and O–H groups in total. The van der Waals surface area contributed by atoms with Gasteiger partial charge in [0.05, 0.1) is 18.2 Å². The highest BCUT2D eigenvalue weighted by molar-refractivity contribution is 5.92. The molecule has 5 heteroatoms. The molecule has 2 aromatic carbocycles. The van der Waals surface area contributed by atoms with Crippen LogP contribution in [0.25, 0.3) is 5.57 Å². The van der Waals surface area contributed by atoms with Crippen molar-refractivity contribution in [3.63, 3.8) is 0 Å². The van der Waals surface area contributed by atoms with Gasteiger partial charge in [0.1, 0.15) is 0 Å². The number of benzene rings is 2. The Kier molecular flexibility index (Phi) is 5.82. The fraction of sp³-hybridized carbons (Fsp3) is 0.238. The molecule has 0 heterocycles. The molecule has 0 bridgehead atoms.